The molecule has 0 saturated heterocycles. The summed E-state index contributed by atoms with van der Waals surface area (Å²) in [4.78, 5) is 13.0. The first-order valence-electron chi connectivity index (χ1n) is 4.98. The topological polar surface area (TPSA) is 46.5 Å². The number of esters is 1. The largest absolute Gasteiger partial charge is 0.465 e. The quantitative estimate of drug-likeness (QED) is 0.787. The molecule has 1 unspecified atom stereocenters. The molecule has 0 aliphatic heterocycles. The third-order valence-corrected chi connectivity index (χ3v) is 3.59. The number of hydrogen-bond donors (Lipinski definition) is 1. The summed E-state index contributed by atoms with van der Waals surface area (Å²) in [6.07, 6.45) is 1.74. The average molecular weight is 228 g/mol. The molecule has 1 heterocycles. The van der Waals surface area contributed by atoms with Crippen molar-refractivity contribution in [2.45, 2.75) is 25.7 Å². The molecule has 0 fully saturated rings. The summed E-state index contributed by atoms with van der Waals surface area (Å²) in [5.74, 6) is 0.112. The van der Waals surface area contributed by atoms with Gasteiger partial charge in [-0.2, -0.15) is 0 Å². The Hall–Kier alpha value is -0.870. The maximum absolute atomic E-state index is 11.2. The molecule has 0 aliphatic carbocycles. The van der Waals surface area contributed by atoms with E-state index in [-0.39, 0.29) is 12.6 Å². The van der Waals surface area contributed by atoms with E-state index >= 15 is 0 Å². The summed E-state index contributed by atoms with van der Waals surface area (Å²) in [7, 11) is 1.39. The van der Waals surface area contributed by atoms with Gasteiger partial charge in [0.1, 0.15) is 4.88 Å². The van der Waals surface area contributed by atoms with Crippen LogP contribution >= 0.6 is 11.3 Å². The Kier molecular flexibility index (Phi) is 4.78. The summed E-state index contributed by atoms with van der Waals surface area (Å²) in [5, 5.41) is 8.72. The van der Waals surface area contributed by atoms with E-state index in [1.807, 2.05) is 6.07 Å². The van der Waals surface area contributed by atoms with Gasteiger partial charge in [0.15, 0.2) is 0 Å². The second kappa shape index (κ2) is 5.88. The van der Waals surface area contributed by atoms with Crippen molar-refractivity contribution in [3.8, 4) is 0 Å². The number of hydrogen-bond acceptors (Lipinski definition) is 4. The van der Waals surface area contributed by atoms with Gasteiger partial charge in [0.25, 0.3) is 0 Å². The predicted molar refractivity (Wildman–Crippen MR) is 60.4 cm³/mol. The fraction of sp³-hybridized carbons (Fsp3) is 0.545. The average Bonchev–Trinajstić information content (AvgIpc) is 2.74. The maximum Gasteiger partial charge on any atom is 0.348 e. The van der Waals surface area contributed by atoms with E-state index < -0.39 is 0 Å². The molecule has 0 aliphatic rings. The van der Waals surface area contributed by atoms with Crippen LogP contribution in [0.1, 0.15) is 40.2 Å². The van der Waals surface area contributed by atoms with Gasteiger partial charge in [-0.1, -0.05) is 6.92 Å². The highest BCUT2D eigenvalue weighted by Gasteiger charge is 2.12. The molecule has 0 amide bonds. The van der Waals surface area contributed by atoms with Crippen molar-refractivity contribution >= 4 is 17.3 Å². The van der Waals surface area contributed by atoms with Gasteiger partial charge < -0.3 is 9.84 Å². The number of aliphatic hydroxyl groups excluding tert-OH is 1. The Bertz CT molecular complexity index is 319. The van der Waals surface area contributed by atoms with E-state index in [0.29, 0.717) is 10.8 Å². The molecule has 1 aromatic rings. The van der Waals surface area contributed by atoms with Crippen LogP contribution in [0.5, 0.6) is 0 Å². The number of carbonyl (C=O) groups excluding carboxylic acids is 1. The first-order valence-corrected chi connectivity index (χ1v) is 5.79. The Morgan fingerprint density at radius 2 is 2.33 bits per heavy atom. The molecule has 1 aromatic heterocycles. The van der Waals surface area contributed by atoms with Crippen LogP contribution in [-0.4, -0.2) is 24.8 Å². The Balaban J connectivity index is 2.62. The Morgan fingerprint density at radius 3 is 2.93 bits per heavy atom. The number of carbonyl (C=O) groups is 1. The second-order valence-electron chi connectivity index (χ2n) is 3.46. The maximum atomic E-state index is 11.2. The van der Waals surface area contributed by atoms with Crippen molar-refractivity contribution in [2.75, 3.05) is 13.7 Å². The van der Waals surface area contributed by atoms with Crippen molar-refractivity contribution in [2.24, 2.45) is 0 Å². The molecule has 0 aromatic carbocycles. The van der Waals surface area contributed by atoms with Crippen LogP contribution in [0.25, 0.3) is 0 Å². The van der Waals surface area contributed by atoms with Crippen LogP contribution in [0.15, 0.2) is 12.1 Å². The Labute approximate surface area is 93.7 Å². The Morgan fingerprint density at radius 1 is 1.60 bits per heavy atom. The molecule has 1 atom stereocenters. The third-order valence-electron chi connectivity index (χ3n) is 2.29. The standard InChI is InChI=1S/C11H16O3S/c1-8(4-3-7-12)9-5-6-10(15-9)11(13)14-2/h5-6,8,12H,3-4,7H2,1-2H3. The lowest BCUT2D eigenvalue weighted by Crippen LogP contribution is -1.97. The van der Waals surface area contributed by atoms with Crippen LogP contribution in [-0.2, 0) is 4.74 Å². The number of ether oxygens (including phenoxy) is 1. The lowest BCUT2D eigenvalue weighted by molar-refractivity contribution is 0.0606. The molecule has 84 valence electrons. The van der Waals surface area contributed by atoms with E-state index in [1.165, 1.54) is 23.3 Å². The zero-order chi connectivity index (χ0) is 11.3. The van der Waals surface area contributed by atoms with Crippen LogP contribution in [0.4, 0.5) is 0 Å². The molecular weight excluding hydrogens is 212 g/mol. The lowest BCUT2D eigenvalue weighted by atomic mass is 10.0. The molecule has 1 N–H and O–H groups in total. The monoisotopic (exact) mass is 228 g/mol. The molecule has 3 nitrogen and oxygen atoms in total. The van der Waals surface area contributed by atoms with Gasteiger partial charge in [-0.25, -0.2) is 4.79 Å². The highest BCUT2D eigenvalue weighted by Crippen LogP contribution is 2.28. The fourth-order valence-electron chi connectivity index (χ4n) is 1.37. The van der Waals surface area contributed by atoms with Crippen molar-refractivity contribution in [3.63, 3.8) is 0 Å². The minimum atomic E-state index is -0.277. The molecule has 1 rings (SSSR count). The van der Waals surface area contributed by atoms with Crippen molar-refractivity contribution < 1.29 is 14.6 Å². The molecular formula is C11H16O3S. The van der Waals surface area contributed by atoms with E-state index in [0.717, 1.165) is 12.8 Å². The lowest BCUT2D eigenvalue weighted by Gasteiger charge is -2.06. The van der Waals surface area contributed by atoms with Gasteiger partial charge in [0.05, 0.1) is 7.11 Å². The molecule has 4 heteroatoms. The minimum absolute atomic E-state index is 0.222. The summed E-state index contributed by atoms with van der Waals surface area (Å²) < 4.78 is 4.64. The van der Waals surface area contributed by atoms with Gasteiger partial charge in [0.2, 0.25) is 0 Å². The van der Waals surface area contributed by atoms with Gasteiger partial charge in [-0.05, 0) is 30.9 Å². The summed E-state index contributed by atoms with van der Waals surface area (Å²) in [6, 6.07) is 3.75. The number of thiophene rings is 1. The molecule has 15 heavy (non-hydrogen) atoms. The smallest absolute Gasteiger partial charge is 0.348 e. The predicted octanol–water partition coefficient (Wildman–Crippen LogP) is 2.41. The van der Waals surface area contributed by atoms with Crippen LogP contribution in [0.2, 0.25) is 0 Å². The normalized spacial score (nSPS) is 12.5. The van der Waals surface area contributed by atoms with Gasteiger partial charge in [0, 0.05) is 11.5 Å². The molecule has 0 spiro atoms. The van der Waals surface area contributed by atoms with E-state index in [2.05, 4.69) is 11.7 Å². The first-order chi connectivity index (χ1) is 7.19. The van der Waals surface area contributed by atoms with E-state index in [1.54, 1.807) is 6.07 Å². The van der Waals surface area contributed by atoms with Gasteiger partial charge >= 0.3 is 5.97 Å². The summed E-state index contributed by atoms with van der Waals surface area (Å²) in [6.45, 7) is 2.32. The van der Waals surface area contributed by atoms with E-state index in [4.69, 9.17) is 5.11 Å². The molecule has 0 radical (unpaired) electrons. The number of rotatable bonds is 5. The minimum Gasteiger partial charge on any atom is -0.465 e. The third kappa shape index (κ3) is 3.32. The first kappa shape index (κ1) is 12.2. The van der Waals surface area contributed by atoms with Gasteiger partial charge in [-0.3, -0.25) is 0 Å². The summed E-state index contributed by atoms with van der Waals surface area (Å²) in [5.41, 5.74) is 0. The van der Waals surface area contributed by atoms with E-state index in [9.17, 15) is 4.79 Å². The van der Waals surface area contributed by atoms with Crippen molar-refractivity contribution in [1.82, 2.24) is 0 Å². The van der Waals surface area contributed by atoms with Gasteiger partial charge in [-0.15, -0.1) is 11.3 Å². The number of aliphatic hydroxyl groups is 1. The zero-order valence-corrected chi connectivity index (χ0v) is 9.84. The number of methoxy groups -OCH3 is 1. The van der Waals surface area contributed by atoms with Crippen molar-refractivity contribution in [3.05, 3.63) is 21.9 Å². The van der Waals surface area contributed by atoms with Crippen LogP contribution in [0.3, 0.4) is 0 Å². The highest BCUT2D eigenvalue weighted by molar-refractivity contribution is 7.14. The highest BCUT2D eigenvalue weighted by atomic mass is 32.1. The SMILES string of the molecule is COC(=O)c1ccc(C(C)CCCO)s1. The van der Waals surface area contributed by atoms with Crippen LogP contribution < -0.4 is 0 Å². The fourth-order valence-corrected chi connectivity index (χ4v) is 2.38. The molecule has 0 bridgehead atoms. The summed E-state index contributed by atoms with van der Waals surface area (Å²) >= 11 is 1.47. The zero-order valence-electron chi connectivity index (χ0n) is 9.03. The van der Waals surface area contributed by atoms with Crippen LogP contribution in [0, 0.1) is 0 Å². The molecule has 0 saturated carbocycles. The second-order valence-corrected chi connectivity index (χ2v) is 4.58. The van der Waals surface area contributed by atoms with Crippen molar-refractivity contribution in [1.29, 1.82) is 0 Å².